The first-order valence-corrected chi connectivity index (χ1v) is 10.2. The third-order valence-electron chi connectivity index (χ3n) is 4.33. The van der Waals surface area contributed by atoms with E-state index in [4.69, 9.17) is 0 Å². The summed E-state index contributed by atoms with van der Waals surface area (Å²) in [4.78, 5) is 9.92. The molecule has 5 rings (SSSR count). The lowest BCUT2D eigenvalue weighted by molar-refractivity contribution is 0.678. The fourth-order valence-corrected chi connectivity index (χ4v) is 5.43. The molecule has 7 heteroatoms. The quantitative estimate of drug-likeness (QED) is 0.498. The first-order chi connectivity index (χ1) is 12.9. The Bertz CT molecular complexity index is 1060. The van der Waals surface area contributed by atoms with E-state index in [1.807, 2.05) is 54.1 Å². The van der Waals surface area contributed by atoms with Crippen molar-refractivity contribution in [2.45, 2.75) is 21.8 Å². The summed E-state index contributed by atoms with van der Waals surface area (Å²) in [5.41, 5.74) is 2.06. The fraction of sp³-hybridized carbons (Fsp3) is 0.158. The molecule has 26 heavy (non-hydrogen) atoms. The zero-order valence-electron chi connectivity index (χ0n) is 13.8. The molecule has 5 nitrogen and oxygen atoms in total. The Kier molecular flexibility index (Phi) is 4.10. The molecule has 1 aromatic carbocycles. The van der Waals surface area contributed by atoms with E-state index in [9.17, 15) is 0 Å². The number of thioether (sulfide) groups is 2. The summed E-state index contributed by atoms with van der Waals surface area (Å²) in [6, 6.07) is 14.4. The molecule has 4 aromatic rings. The van der Waals surface area contributed by atoms with Gasteiger partial charge in [-0.05, 0) is 24.3 Å². The topological polar surface area (TPSA) is 56.5 Å². The van der Waals surface area contributed by atoms with Crippen molar-refractivity contribution in [3.8, 4) is 11.4 Å². The Morgan fingerprint density at radius 2 is 2.04 bits per heavy atom. The van der Waals surface area contributed by atoms with Gasteiger partial charge in [-0.25, -0.2) is 0 Å². The zero-order valence-corrected chi connectivity index (χ0v) is 15.5. The highest BCUT2D eigenvalue weighted by atomic mass is 32.2. The van der Waals surface area contributed by atoms with Crippen molar-refractivity contribution in [1.29, 1.82) is 0 Å². The van der Waals surface area contributed by atoms with Gasteiger partial charge in [-0.3, -0.25) is 9.97 Å². The van der Waals surface area contributed by atoms with E-state index in [1.54, 1.807) is 6.20 Å². The minimum absolute atomic E-state index is 0.479. The molecule has 1 aliphatic rings. The summed E-state index contributed by atoms with van der Waals surface area (Å²) in [5.74, 6) is 1.93. The van der Waals surface area contributed by atoms with E-state index in [0.717, 1.165) is 34.4 Å². The SMILES string of the molecule is c1cncc(-c2nnc3n2C[C@@H](CSc2ccnc4ccccc24)S3)c1. The molecule has 4 heterocycles. The number of nitrogens with zero attached hydrogens (tertiary/aromatic N) is 5. The molecule has 128 valence electrons. The Morgan fingerprint density at radius 1 is 1.08 bits per heavy atom. The van der Waals surface area contributed by atoms with Gasteiger partial charge in [0.05, 0.1) is 5.52 Å². The molecule has 0 radical (unpaired) electrons. The van der Waals surface area contributed by atoms with Crippen LogP contribution in [0.3, 0.4) is 0 Å². The number of para-hydroxylation sites is 1. The molecule has 0 fully saturated rings. The maximum Gasteiger partial charge on any atom is 0.191 e. The number of hydrogen-bond donors (Lipinski definition) is 0. The van der Waals surface area contributed by atoms with Gasteiger partial charge in [0, 0.05) is 52.0 Å². The van der Waals surface area contributed by atoms with Gasteiger partial charge >= 0.3 is 0 Å². The van der Waals surface area contributed by atoms with Crippen LogP contribution < -0.4 is 0 Å². The lowest BCUT2D eigenvalue weighted by atomic mass is 10.2. The van der Waals surface area contributed by atoms with Crippen LogP contribution in [0.5, 0.6) is 0 Å². The van der Waals surface area contributed by atoms with Crippen LogP contribution in [0.4, 0.5) is 0 Å². The summed E-state index contributed by atoms with van der Waals surface area (Å²) in [6.45, 7) is 0.924. The van der Waals surface area contributed by atoms with Crippen LogP contribution in [-0.2, 0) is 6.54 Å². The molecular weight excluding hydrogens is 362 g/mol. The fourth-order valence-electron chi connectivity index (χ4n) is 3.10. The predicted octanol–water partition coefficient (Wildman–Crippen LogP) is 4.15. The van der Waals surface area contributed by atoms with Gasteiger partial charge in [0.25, 0.3) is 0 Å². The van der Waals surface area contributed by atoms with Crippen molar-refractivity contribution in [1.82, 2.24) is 24.7 Å². The molecule has 0 aliphatic carbocycles. The number of rotatable bonds is 4. The first kappa shape index (κ1) is 15.8. The largest absolute Gasteiger partial charge is 0.301 e. The minimum Gasteiger partial charge on any atom is -0.301 e. The average molecular weight is 377 g/mol. The van der Waals surface area contributed by atoms with E-state index >= 15 is 0 Å². The number of benzene rings is 1. The summed E-state index contributed by atoms with van der Waals surface area (Å²) >= 11 is 3.70. The van der Waals surface area contributed by atoms with Crippen LogP contribution in [0, 0.1) is 0 Å². The second-order valence-electron chi connectivity index (χ2n) is 6.04. The average Bonchev–Trinajstić information content (AvgIpc) is 3.27. The van der Waals surface area contributed by atoms with Crippen molar-refractivity contribution in [2.75, 3.05) is 5.75 Å². The van der Waals surface area contributed by atoms with Crippen molar-refractivity contribution in [2.24, 2.45) is 0 Å². The van der Waals surface area contributed by atoms with Crippen LogP contribution in [0.1, 0.15) is 0 Å². The highest BCUT2D eigenvalue weighted by molar-refractivity contribution is 8.03. The zero-order chi connectivity index (χ0) is 17.3. The van der Waals surface area contributed by atoms with Crippen LogP contribution in [0.2, 0.25) is 0 Å². The number of hydrogen-bond acceptors (Lipinski definition) is 6. The molecule has 0 saturated heterocycles. The normalized spacial score (nSPS) is 16.1. The number of pyridine rings is 2. The van der Waals surface area contributed by atoms with E-state index in [1.165, 1.54) is 10.3 Å². The smallest absolute Gasteiger partial charge is 0.191 e. The molecule has 0 bridgehead atoms. The molecule has 1 atom stereocenters. The maximum absolute atomic E-state index is 4.44. The van der Waals surface area contributed by atoms with Gasteiger partial charge in [-0.15, -0.1) is 22.0 Å². The third kappa shape index (κ3) is 2.87. The monoisotopic (exact) mass is 377 g/mol. The van der Waals surface area contributed by atoms with Gasteiger partial charge < -0.3 is 4.57 Å². The van der Waals surface area contributed by atoms with Crippen molar-refractivity contribution >= 4 is 34.4 Å². The Labute approximate surface area is 159 Å². The van der Waals surface area contributed by atoms with Gasteiger partial charge in [0.15, 0.2) is 11.0 Å². The summed E-state index contributed by atoms with van der Waals surface area (Å²) in [5, 5.41) is 11.4. The van der Waals surface area contributed by atoms with Crippen molar-refractivity contribution in [3.63, 3.8) is 0 Å². The Morgan fingerprint density at radius 3 is 2.96 bits per heavy atom. The van der Waals surface area contributed by atoms with Crippen molar-refractivity contribution in [3.05, 3.63) is 61.1 Å². The molecular formula is C19H15N5S2. The van der Waals surface area contributed by atoms with Crippen molar-refractivity contribution < 1.29 is 0 Å². The predicted molar refractivity (Wildman–Crippen MR) is 105 cm³/mol. The van der Waals surface area contributed by atoms with Crippen LogP contribution in [0.25, 0.3) is 22.3 Å². The van der Waals surface area contributed by atoms with E-state index in [0.29, 0.717) is 5.25 Å². The molecule has 1 aliphatic heterocycles. The highest BCUT2D eigenvalue weighted by Gasteiger charge is 2.27. The van der Waals surface area contributed by atoms with Gasteiger partial charge in [0.2, 0.25) is 0 Å². The van der Waals surface area contributed by atoms with Gasteiger partial charge in [-0.2, -0.15) is 0 Å². The highest BCUT2D eigenvalue weighted by Crippen LogP contribution is 2.37. The first-order valence-electron chi connectivity index (χ1n) is 8.35. The lowest BCUT2D eigenvalue weighted by Crippen LogP contribution is -2.09. The standard InChI is InChI=1S/C19H15N5S2/c1-2-6-16-15(5-1)17(7-9-21-16)25-12-14-11-24-18(22-23-19(24)26-14)13-4-3-8-20-10-13/h1-10,14H,11-12H2/t14-/m0/s1. The van der Waals surface area contributed by atoms with E-state index in [-0.39, 0.29) is 0 Å². The summed E-state index contributed by atoms with van der Waals surface area (Å²) < 4.78 is 2.21. The Hall–Kier alpha value is -2.38. The third-order valence-corrected chi connectivity index (χ3v) is 6.94. The van der Waals surface area contributed by atoms with E-state index in [2.05, 4.69) is 49.0 Å². The molecule has 0 saturated carbocycles. The maximum atomic E-state index is 4.44. The summed E-state index contributed by atoms with van der Waals surface area (Å²) in [6.07, 6.45) is 5.51. The second-order valence-corrected chi connectivity index (χ2v) is 8.36. The van der Waals surface area contributed by atoms with E-state index < -0.39 is 0 Å². The molecule has 0 N–H and O–H groups in total. The molecule has 0 amide bonds. The molecule has 3 aromatic heterocycles. The van der Waals surface area contributed by atoms with Crippen LogP contribution in [-0.4, -0.2) is 35.7 Å². The lowest BCUT2D eigenvalue weighted by Gasteiger charge is -2.10. The van der Waals surface area contributed by atoms with Gasteiger partial charge in [-0.1, -0.05) is 30.0 Å². The number of fused-ring (bicyclic) bond motifs is 2. The second kappa shape index (κ2) is 6.74. The Balaban J connectivity index is 1.33. The molecule has 0 unspecified atom stereocenters. The van der Waals surface area contributed by atoms with Crippen LogP contribution in [0.15, 0.2) is 71.1 Å². The van der Waals surface area contributed by atoms with Crippen LogP contribution >= 0.6 is 23.5 Å². The summed E-state index contributed by atoms with van der Waals surface area (Å²) in [7, 11) is 0. The van der Waals surface area contributed by atoms with Gasteiger partial charge in [0.1, 0.15) is 0 Å². The number of aromatic nitrogens is 5. The minimum atomic E-state index is 0.479. The molecule has 0 spiro atoms.